The van der Waals surface area contributed by atoms with Gasteiger partial charge in [0.2, 0.25) is 0 Å². The highest BCUT2D eigenvalue weighted by Crippen LogP contribution is 2.36. The Kier molecular flexibility index (Phi) is 4.79. The molecule has 22 heavy (non-hydrogen) atoms. The van der Waals surface area contributed by atoms with Crippen molar-refractivity contribution in [2.75, 3.05) is 0 Å². The maximum absolute atomic E-state index is 4.23. The van der Waals surface area contributed by atoms with E-state index in [1.54, 1.807) is 0 Å². The molecule has 0 N–H and O–H groups in total. The van der Waals surface area contributed by atoms with Gasteiger partial charge in [-0.25, -0.2) is 4.68 Å². The molecule has 118 valence electrons. The molecule has 4 nitrogen and oxygen atoms in total. The lowest BCUT2D eigenvalue weighted by atomic mass is 9.73. The van der Waals surface area contributed by atoms with E-state index in [2.05, 4.69) is 61.9 Å². The first-order valence-corrected chi connectivity index (χ1v) is 7.74. The van der Waals surface area contributed by atoms with Gasteiger partial charge in [0, 0.05) is 6.42 Å². The third-order valence-electron chi connectivity index (χ3n) is 3.90. The Morgan fingerprint density at radius 2 is 1.82 bits per heavy atom. The molecule has 0 aliphatic heterocycles. The summed E-state index contributed by atoms with van der Waals surface area (Å²) in [7, 11) is 0. The van der Waals surface area contributed by atoms with Crippen molar-refractivity contribution in [2.45, 2.75) is 47.1 Å². The summed E-state index contributed by atoms with van der Waals surface area (Å²) in [6.45, 7) is 13.6. The summed E-state index contributed by atoms with van der Waals surface area (Å²) in [6, 6.07) is 10.3. The molecule has 0 bridgehead atoms. The second kappa shape index (κ2) is 6.42. The van der Waals surface area contributed by atoms with Crippen LogP contribution in [0.2, 0.25) is 0 Å². The van der Waals surface area contributed by atoms with E-state index in [0.29, 0.717) is 6.54 Å². The molecule has 1 aromatic carbocycles. The molecule has 0 aliphatic rings. The van der Waals surface area contributed by atoms with Gasteiger partial charge >= 0.3 is 0 Å². The average Bonchev–Trinajstić information content (AvgIpc) is 2.85. The summed E-state index contributed by atoms with van der Waals surface area (Å²) >= 11 is 0. The molecule has 2 rings (SSSR count). The van der Waals surface area contributed by atoms with Gasteiger partial charge in [0.05, 0.1) is 6.54 Å². The molecule has 0 amide bonds. The van der Waals surface area contributed by atoms with E-state index in [1.165, 1.54) is 5.56 Å². The molecule has 4 heteroatoms. The molecule has 0 aliphatic carbocycles. The van der Waals surface area contributed by atoms with Gasteiger partial charge in [-0.15, -0.1) is 11.7 Å². The maximum Gasteiger partial charge on any atom is 0.152 e. The van der Waals surface area contributed by atoms with Gasteiger partial charge in [0.25, 0.3) is 0 Å². The number of benzene rings is 1. The second-order valence-corrected chi connectivity index (χ2v) is 7.45. The van der Waals surface area contributed by atoms with E-state index < -0.39 is 0 Å². The average molecular weight is 298 g/mol. The fraction of sp³-hybridized carbons (Fsp3) is 0.500. The van der Waals surface area contributed by atoms with Crippen molar-refractivity contribution < 1.29 is 0 Å². The van der Waals surface area contributed by atoms with Crippen molar-refractivity contribution in [1.29, 1.82) is 0 Å². The van der Waals surface area contributed by atoms with Crippen LogP contribution in [0.5, 0.6) is 0 Å². The monoisotopic (exact) mass is 298 g/mol. The largest absolute Gasteiger partial charge is 0.225 e. The van der Waals surface area contributed by atoms with Crippen molar-refractivity contribution in [3.05, 3.63) is 54.4 Å². The molecule has 0 spiro atoms. The SMILES string of the molecule is C=CC(C)(C)CC(C)(C)Cc1nnnn1Cc1ccccc1. The van der Waals surface area contributed by atoms with Gasteiger partial charge in [-0.3, -0.25) is 0 Å². The van der Waals surface area contributed by atoms with Gasteiger partial charge in [-0.1, -0.05) is 64.1 Å². The number of aromatic nitrogens is 4. The van der Waals surface area contributed by atoms with Crippen LogP contribution >= 0.6 is 0 Å². The number of hydrogen-bond donors (Lipinski definition) is 0. The van der Waals surface area contributed by atoms with Crippen LogP contribution in [0.4, 0.5) is 0 Å². The Hall–Kier alpha value is -1.97. The van der Waals surface area contributed by atoms with Crippen LogP contribution in [-0.4, -0.2) is 20.2 Å². The zero-order chi connectivity index (χ0) is 16.2. The Morgan fingerprint density at radius 3 is 2.45 bits per heavy atom. The lowest BCUT2D eigenvalue weighted by Crippen LogP contribution is -2.25. The Bertz CT molecular complexity index is 611. The Labute approximate surface area is 133 Å². The van der Waals surface area contributed by atoms with Crippen LogP contribution in [0.25, 0.3) is 0 Å². The van der Waals surface area contributed by atoms with Gasteiger partial charge in [-0.05, 0) is 33.2 Å². The molecule has 1 heterocycles. The number of allylic oxidation sites excluding steroid dienone is 1. The van der Waals surface area contributed by atoms with E-state index in [4.69, 9.17) is 0 Å². The molecule has 2 aromatic rings. The van der Waals surface area contributed by atoms with E-state index >= 15 is 0 Å². The first-order chi connectivity index (χ1) is 10.3. The van der Waals surface area contributed by atoms with E-state index in [0.717, 1.165) is 18.7 Å². The van der Waals surface area contributed by atoms with E-state index in [9.17, 15) is 0 Å². The topological polar surface area (TPSA) is 43.6 Å². The van der Waals surface area contributed by atoms with Crippen LogP contribution in [0.15, 0.2) is 43.0 Å². The van der Waals surface area contributed by atoms with Crippen LogP contribution in [-0.2, 0) is 13.0 Å². The third kappa shape index (κ3) is 4.52. The number of hydrogen-bond acceptors (Lipinski definition) is 3. The molecule has 0 fully saturated rings. The molecule has 0 radical (unpaired) electrons. The summed E-state index contributed by atoms with van der Waals surface area (Å²) in [4.78, 5) is 0. The highest BCUT2D eigenvalue weighted by Gasteiger charge is 2.28. The molecule has 0 atom stereocenters. The predicted molar refractivity (Wildman–Crippen MR) is 89.4 cm³/mol. The van der Waals surface area contributed by atoms with Gasteiger partial charge < -0.3 is 0 Å². The fourth-order valence-corrected chi connectivity index (χ4v) is 3.03. The molecule has 0 unspecified atom stereocenters. The van der Waals surface area contributed by atoms with Crippen molar-refractivity contribution >= 4 is 0 Å². The lowest BCUT2D eigenvalue weighted by Gasteiger charge is -2.32. The zero-order valence-electron chi connectivity index (χ0n) is 14.1. The smallest absolute Gasteiger partial charge is 0.152 e. The third-order valence-corrected chi connectivity index (χ3v) is 3.90. The highest BCUT2D eigenvalue weighted by atomic mass is 15.5. The lowest BCUT2D eigenvalue weighted by molar-refractivity contribution is 0.230. The number of rotatable bonds is 7. The molecular weight excluding hydrogens is 272 g/mol. The van der Waals surface area contributed by atoms with E-state index in [1.807, 2.05) is 29.0 Å². The van der Waals surface area contributed by atoms with Crippen molar-refractivity contribution in [2.24, 2.45) is 10.8 Å². The summed E-state index contributed by atoms with van der Waals surface area (Å²) in [5.74, 6) is 0.939. The normalized spacial score (nSPS) is 12.4. The van der Waals surface area contributed by atoms with Gasteiger partial charge in [0.15, 0.2) is 5.82 Å². The number of nitrogens with zero attached hydrogens (tertiary/aromatic N) is 4. The highest BCUT2D eigenvalue weighted by molar-refractivity contribution is 5.15. The van der Waals surface area contributed by atoms with Crippen LogP contribution in [0, 0.1) is 10.8 Å². The summed E-state index contributed by atoms with van der Waals surface area (Å²) < 4.78 is 1.90. The Morgan fingerprint density at radius 1 is 1.14 bits per heavy atom. The summed E-state index contributed by atoms with van der Waals surface area (Å²) in [5.41, 5.74) is 1.43. The first kappa shape index (κ1) is 16.4. The molecule has 0 saturated carbocycles. The van der Waals surface area contributed by atoms with Crippen LogP contribution < -0.4 is 0 Å². The van der Waals surface area contributed by atoms with Crippen LogP contribution in [0.3, 0.4) is 0 Å². The van der Waals surface area contributed by atoms with Gasteiger partial charge in [-0.2, -0.15) is 0 Å². The minimum Gasteiger partial charge on any atom is -0.225 e. The number of tetrazole rings is 1. The summed E-state index contributed by atoms with van der Waals surface area (Å²) in [6.07, 6.45) is 3.92. The second-order valence-electron chi connectivity index (χ2n) is 7.45. The molecule has 1 aromatic heterocycles. The van der Waals surface area contributed by atoms with Gasteiger partial charge in [0.1, 0.15) is 0 Å². The zero-order valence-corrected chi connectivity index (χ0v) is 14.1. The van der Waals surface area contributed by atoms with Crippen molar-refractivity contribution in [3.63, 3.8) is 0 Å². The first-order valence-electron chi connectivity index (χ1n) is 7.74. The maximum atomic E-state index is 4.23. The Balaban J connectivity index is 2.11. The molecule has 0 saturated heterocycles. The standard InChI is InChI=1S/C18H26N4/c1-6-17(2,3)14-18(4,5)12-16-19-20-21-22(16)13-15-10-8-7-9-11-15/h6-11H,1,12-14H2,2-5H3. The quantitative estimate of drug-likeness (QED) is 0.728. The fourth-order valence-electron chi connectivity index (χ4n) is 3.03. The minimum atomic E-state index is 0.112. The van der Waals surface area contributed by atoms with E-state index in [-0.39, 0.29) is 10.8 Å². The minimum absolute atomic E-state index is 0.112. The van der Waals surface area contributed by atoms with Crippen molar-refractivity contribution in [3.8, 4) is 0 Å². The summed E-state index contributed by atoms with van der Waals surface area (Å²) in [5, 5.41) is 12.2. The molecular formula is C18H26N4. The van der Waals surface area contributed by atoms with Crippen molar-refractivity contribution in [1.82, 2.24) is 20.2 Å². The predicted octanol–water partition coefficient (Wildman–Crippen LogP) is 3.89. The van der Waals surface area contributed by atoms with Crippen LogP contribution in [0.1, 0.15) is 45.5 Å².